The van der Waals surface area contributed by atoms with Gasteiger partial charge in [0, 0.05) is 31.2 Å². The van der Waals surface area contributed by atoms with Crippen LogP contribution in [0.4, 0.5) is 11.4 Å². The second kappa shape index (κ2) is 4.77. The highest BCUT2D eigenvalue weighted by Gasteiger charge is 2.21. The minimum Gasteiger partial charge on any atom is -0.370 e. The Morgan fingerprint density at radius 2 is 1.29 bits per heavy atom. The molecule has 2 aliphatic rings. The monoisotopic (exact) mass is 250 g/mol. The number of halogens is 1. The molecular weight excluding hydrogens is 232 g/mol. The van der Waals surface area contributed by atoms with Gasteiger partial charge in [-0.2, -0.15) is 0 Å². The van der Waals surface area contributed by atoms with E-state index < -0.39 is 0 Å². The van der Waals surface area contributed by atoms with E-state index in [4.69, 9.17) is 11.6 Å². The average Bonchev–Trinajstić information content (AvgIpc) is 3.02. The summed E-state index contributed by atoms with van der Waals surface area (Å²) in [6.07, 6.45) is 5.27. The van der Waals surface area contributed by atoms with Gasteiger partial charge in [0.05, 0.1) is 11.4 Å². The van der Waals surface area contributed by atoms with Crippen molar-refractivity contribution in [1.29, 1.82) is 0 Å². The van der Waals surface area contributed by atoms with E-state index in [1.165, 1.54) is 63.2 Å². The topological polar surface area (TPSA) is 6.48 Å². The van der Waals surface area contributed by atoms with E-state index >= 15 is 0 Å². The Morgan fingerprint density at radius 1 is 0.765 bits per heavy atom. The summed E-state index contributed by atoms with van der Waals surface area (Å²) in [5.41, 5.74) is 2.73. The molecule has 0 N–H and O–H groups in total. The third-order valence-corrected chi connectivity index (χ3v) is 4.07. The molecule has 0 amide bonds. The summed E-state index contributed by atoms with van der Waals surface area (Å²) in [4.78, 5) is 4.99. The molecule has 0 radical (unpaired) electrons. The first-order valence-electron chi connectivity index (χ1n) is 6.64. The maximum atomic E-state index is 6.16. The average molecular weight is 251 g/mol. The standard InChI is InChI=1S/C14H19ClN2/c15-12-5-6-13(16-7-1-2-8-16)14(11-12)17-9-3-4-10-17/h5-6,11H,1-4,7-10H2. The summed E-state index contributed by atoms with van der Waals surface area (Å²) < 4.78 is 0. The number of benzene rings is 1. The van der Waals surface area contributed by atoms with E-state index in [2.05, 4.69) is 21.9 Å². The molecule has 0 saturated carbocycles. The van der Waals surface area contributed by atoms with Crippen molar-refractivity contribution in [2.75, 3.05) is 36.0 Å². The molecule has 2 saturated heterocycles. The molecule has 1 aromatic rings. The highest BCUT2D eigenvalue weighted by atomic mass is 35.5. The van der Waals surface area contributed by atoms with Gasteiger partial charge in [-0.3, -0.25) is 0 Å². The summed E-state index contributed by atoms with van der Waals surface area (Å²) in [6.45, 7) is 4.76. The Kier molecular flexibility index (Phi) is 3.15. The first-order valence-corrected chi connectivity index (χ1v) is 7.02. The van der Waals surface area contributed by atoms with Crippen molar-refractivity contribution < 1.29 is 0 Å². The van der Waals surface area contributed by atoms with E-state index in [9.17, 15) is 0 Å². The number of hydrogen-bond acceptors (Lipinski definition) is 2. The van der Waals surface area contributed by atoms with E-state index in [0.29, 0.717) is 0 Å². The van der Waals surface area contributed by atoms with Crippen molar-refractivity contribution >= 4 is 23.0 Å². The molecule has 0 aromatic heterocycles. The summed E-state index contributed by atoms with van der Waals surface area (Å²) in [7, 11) is 0. The van der Waals surface area contributed by atoms with Crippen LogP contribution in [0.2, 0.25) is 5.02 Å². The SMILES string of the molecule is Clc1ccc(N2CCCC2)c(N2CCCC2)c1. The first kappa shape index (κ1) is 11.2. The van der Waals surface area contributed by atoms with Gasteiger partial charge in [-0.15, -0.1) is 0 Å². The second-order valence-electron chi connectivity index (χ2n) is 5.02. The van der Waals surface area contributed by atoms with Crippen LogP contribution in [0, 0.1) is 0 Å². The lowest BCUT2D eigenvalue weighted by atomic mass is 10.2. The molecule has 3 rings (SSSR count). The number of nitrogens with zero attached hydrogens (tertiary/aromatic N) is 2. The highest BCUT2D eigenvalue weighted by molar-refractivity contribution is 6.31. The van der Waals surface area contributed by atoms with Crippen LogP contribution in [0.3, 0.4) is 0 Å². The zero-order valence-electron chi connectivity index (χ0n) is 10.2. The molecular formula is C14H19ClN2. The highest BCUT2D eigenvalue weighted by Crippen LogP contribution is 2.35. The molecule has 2 fully saturated rings. The third-order valence-electron chi connectivity index (χ3n) is 3.83. The van der Waals surface area contributed by atoms with Gasteiger partial charge in [0.1, 0.15) is 0 Å². The normalized spacial score (nSPS) is 20.3. The van der Waals surface area contributed by atoms with Crippen molar-refractivity contribution in [3.8, 4) is 0 Å². The number of rotatable bonds is 2. The maximum absolute atomic E-state index is 6.16. The van der Waals surface area contributed by atoms with Crippen LogP contribution in [-0.4, -0.2) is 26.2 Å². The van der Waals surface area contributed by atoms with Gasteiger partial charge in [0.25, 0.3) is 0 Å². The molecule has 0 spiro atoms. The van der Waals surface area contributed by atoms with Crippen LogP contribution >= 0.6 is 11.6 Å². The second-order valence-corrected chi connectivity index (χ2v) is 5.46. The minimum atomic E-state index is 0.856. The summed E-state index contributed by atoms with van der Waals surface area (Å²) in [5, 5.41) is 0.856. The lowest BCUT2D eigenvalue weighted by Crippen LogP contribution is -2.24. The summed E-state index contributed by atoms with van der Waals surface area (Å²) >= 11 is 6.16. The molecule has 0 aliphatic carbocycles. The first-order chi connectivity index (χ1) is 8.34. The van der Waals surface area contributed by atoms with Crippen LogP contribution in [0.25, 0.3) is 0 Å². The van der Waals surface area contributed by atoms with Crippen molar-refractivity contribution in [1.82, 2.24) is 0 Å². The van der Waals surface area contributed by atoms with Gasteiger partial charge in [-0.05, 0) is 43.9 Å². The fourth-order valence-electron chi connectivity index (χ4n) is 2.93. The molecule has 2 heterocycles. The third kappa shape index (κ3) is 2.23. The number of anilines is 2. The lowest BCUT2D eigenvalue weighted by Gasteiger charge is -2.27. The Hall–Kier alpha value is -0.890. The number of hydrogen-bond donors (Lipinski definition) is 0. The van der Waals surface area contributed by atoms with Crippen LogP contribution in [0.5, 0.6) is 0 Å². The zero-order chi connectivity index (χ0) is 11.7. The van der Waals surface area contributed by atoms with Gasteiger partial charge < -0.3 is 9.80 Å². The van der Waals surface area contributed by atoms with Crippen LogP contribution < -0.4 is 9.80 Å². The van der Waals surface area contributed by atoms with Crippen LogP contribution in [0.1, 0.15) is 25.7 Å². The van der Waals surface area contributed by atoms with Crippen molar-refractivity contribution in [2.45, 2.75) is 25.7 Å². The van der Waals surface area contributed by atoms with E-state index in [1.54, 1.807) is 0 Å². The Labute approximate surface area is 108 Å². The predicted molar refractivity (Wildman–Crippen MR) is 74.3 cm³/mol. The Bertz CT molecular complexity index is 393. The van der Waals surface area contributed by atoms with Crippen molar-refractivity contribution in [3.05, 3.63) is 23.2 Å². The molecule has 2 nitrogen and oxygen atoms in total. The summed E-state index contributed by atoms with van der Waals surface area (Å²) in [5.74, 6) is 0. The van der Waals surface area contributed by atoms with Crippen LogP contribution in [0.15, 0.2) is 18.2 Å². The molecule has 92 valence electrons. The molecule has 2 aliphatic heterocycles. The van der Waals surface area contributed by atoms with E-state index in [0.717, 1.165) is 5.02 Å². The maximum Gasteiger partial charge on any atom is 0.0619 e. The van der Waals surface area contributed by atoms with Gasteiger partial charge in [0.15, 0.2) is 0 Å². The van der Waals surface area contributed by atoms with Crippen LogP contribution in [-0.2, 0) is 0 Å². The Morgan fingerprint density at radius 3 is 1.88 bits per heavy atom. The fraction of sp³-hybridized carbons (Fsp3) is 0.571. The molecule has 17 heavy (non-hydrogen) atoms. The van der Waals surface area contributed by atoms with Crippen molar-refractivity contribution in [3.63, 3.8) is 0 Å². The van der Waals surface area contributed by atoms with E-state index in [1.807, 2.05) is 6.07 Å². The van der Waals surface area contributed by atoms with E-state index in [-0.39, 0.29) is 0 Å². The molecule has 3 heteroatoms. The smallest absolute Gasteiger partial charge is 0.0619 e. The Balaban J connectivity index is 1.94. The molecule has 0 unspecified atom stereocenters. The van der Waals surface area contributed by atoms with Gasteiger partial charge in [0.2, 0.25) is 0 Å². The molecule has 0 atom stereocenters. The minimum absolute atomic E-state index is 0.856. The van der Waals surface area contributed by atoms with Crippen molar-refractivity contribution in [2.24, 2.45) is 0 Å². The lowest BCUT2D eigenvalue weighted by molar-refractivity contribution is 0.928. The molecule has 1 aromatic carbocycles. The van der Waals surface area contributed by atoms with Gasteiger partial charge in [-0.25, -0.2) is 0 Å². The molecule has 0 bridgehead atoms. The zero-order valence-corrected chi connectivity index (χ0v) is 10.9. The summed E-state index contributed by atoms with van der Waals surface area (Å²) in [6, 6.07) is 6.36. The largest absolute Gasteiger partial charge is 0.370 e. The predicted octanol–water partition coefficient (Wildman–Crippen LogP) is 3.54. The fourth-order valence-corrected chi connectivity index (χ4v) is 3.10. The van der Waals surface area contributed by atoms with Gasteiger partial charge in [-0.1, -0.05) is 11.6 Å². The van der Waals surface area contributed by atoms with Gasteiger partial charge >= 0.3 is 0 Å². The quantitative estimate of drug-likeness (QED) is 0.792.